The number of anilines is 1. The Bertz CT molecular complexity index is 573. The lowest BCUT2D eigenvalue weighted by atomic mass is 10.2. The van der Waals surface area contributed by atoms with E-state index in [-0.39, 0.29) is 5.91 Å². The second-order valence-corrected chi connectivity index (χ2v) is 4.64. The summed E-state index contributed by atoms with van der Waals surface area (Å²) in [6, 6.07) is 9.10. The van der Waals surface area contributed by atoms with Crippen LogP contribution in [0.1, 0.15) is 10.4 Å². The SMILES string of the molecule is COc1cc(SC)ccc1NC(=O)c1cccnc1. The Balaban J connectivity index is 2.21. The number of carbonyl (C=O) groups is 1. The van der Waals surface area contributed by atoms with E-state index < -0.39 is 0 Å². The number of benzene rings is 1. The maximum Gasteiger partial charge on any atom is 0.257 e. The number of rotatable bonds is 4. The predicted molar refractivity (Wildman–Crippen MR) is 77.0 cm³/mol. The van der Waals surface area contributed by atoms with Gasteiger partial charge in [0, 0.05) is 17.3 Å². The minimum Gasteiger partial charge on any atom is -0.495 e. The van der Waals surface area contributed by atoms with E-state index in [2.05, 4.69) is 10.3 Å². The van der Waals surface area contributed by atoms with Gasteiger partial charge in [0.2, 0.25) is 0 Å². The van der Waals surface area contributed by atoms with Gasteiger partial charge in [-0.15, -0.1) is 11.8 Å². The predicted octanol–water partition coefficient (Wildman–Crippen LogP) is 3.06. The van der Waals surface area contributed by atoms with Crippen molar-refractivity contribution in [3.8, 4) is 5.75 Å². The molecule has 1 aromatic heterocycles. The third-order valence-corrected chi connectivity index (χ3v) is 3.31. The van der Waals surface area contributed by atoms with Crippen molar-refractivity contribution in [2.24, 2.45) is 0 Å². The van der Waals surface area contributed by atoms with Gasteiger partial charge in [-0.05, 0) is 36.6 Å². The van der Waals surface area contributed by atoms with Crippen LogP contribution in [0, 0.1) is 0 Å². The summed E-state index contributed by atoms with van der Waals surface area (Å²) in [7, 11) is 1.58. The van der Waals surface area contributed by atoms with Crippen LogP contribution in [0.4, 0.5) is 5.69 Å². The molecular weight excluding hydrogens is 260 g/mol. The van der Waals surface area contributed by atoms with Crippen molar-refractivity contribution in [1.82, 2.24) is 4.98 Å². The molecule has 0 saturated carbocycles. The Morgan fingerprint density at radius 1 is 1.37 bits per heavy atom. The Hall–Kier alpha value is -2.01. The fourth-order valence-electron chi connectivity index (χ4n) is 1.59. The number of amides is 1. The first-order chi connectivity index (χ1) is 9.24. The molecule has 1 heterocycles. The molecule has 1 aromatic carbocycles. The molecule has 0 radical (unpaired) electrons. The van der Waals surface area contributed by atoms with Gasteiger partial charge < -0.3 is 10.1 Å². The van der Waals surface area contributed by atoms with Gasteiger partial charge in [-0.3, -0.25) is 9.78 Å². The molecule has 0 aliphatic carbocycles. The number of thioether (sulfide) groups is 1. The van der Waals surface area contributed by atoms with Crippen molar-refractivity contribution in [2.75, 3.05) is 18.7 Å². The molecular formula is C14H14N2O2S. The second-order valence-electron chi connectivity index (χ2n) is 3.76. The van der Waals surface area contributed by atoms with Gasteiger partial charge >= 0.3 is 0 Å². The van der Waals surface area contributed by atoms with Crippen LogP contribution in [0.3, 0.4) is 0 Å². The van der Waals surface area contributed by atoms with Crippen LogP contribution in [0.2, 0.25) is 0 Å². The first kappa shape index (κ1) is 13.4. The molecule has 4 nitrogen and oxygen atoms in total. The quantitative estimate of drug-likeness (QED) is 0.871. The molecule has 2 aromatic rings. The largest absolute Gasteiger partial charge is 0.495 e. The van der Waals surface area contributed by atoms with Crippen molar-refractivity contribution >= 4 is 23.4 Å². The Labute approximate surface area is 116 Å². The average Bonchev–Trinajstić information content (AvgIpc) is 2.48. The summed E-state index contributed by atoms with van der Waals surface area (Å²) < 4.78 is 5.28. The molecule has 0 saturated heterocycles. The third kappa shape index (κ3) is 3.26. The van der Waals surface area contributed by atoms with Gasteiger partial charge in [0.05, 0.1) is 18.4 Å². The third-order valence-electron chi connectivity index (χ3n) is 2.58. The van der Waals surface area contributed by atoms with E-state index in [0.29, 0.717) is 17.0 Å². The molecule has 0 spiro atoms. The lowest BCUT2D eigenvalue weighted by Crippen LogP contribution is -2.12. The lowest BCUT2D eigenvalue weighted by molar-refractivity contribution is 0.102. The molecule has 0 fully saturated rings. The first-order valence-electron chi connectivity index (χ1n) is 5.68. The smallest absolute Gasteiger partial charge is 0.257 e. The molecule has 1 N–H and O–H groups in total. The van der Waals surface area contributed by atoms with Gasteiger partial charge in [0.25, 0.3) is 5.91 Å². The van der Waals surface area contributed by atoms with Crippen molar-refractivity contribution in [2.45, 2.75) is 4.90 Å². The van der Waals surface area contributed by atoms with Gasteiger partial charge in [0.1, 0.15) is 5.75 Å². The molecule has 5 heteroatoms. The molecule has 98 valence electrons. The van der Waals surface area contributed by atoms with E-state index >= 15 is 0 Å². The summed E-state index contributed by atoms with van der Waals surface area (Å²) in [6.45, 7) is 0. The molecule has 19 heavy (non-hydrogen) atoms. The zero-order chi connectivity index (χ0) is 13.7. The number of methoxy groups -OCH3 is 1. The first-order valence-corrected chi connectivity index (χ1v) is 6.90. The number of carbonyl (C=O) groups excluding carboxylic acids is 1. The highest BCUT2D eigenvalue weighted by atomic mass is 32.2. The van der Waals surface area contributed by atoms with Gasteiger partial charge in [-0.2, -0.15) is 0 Å². The van der Waals surface area contributed by atoms with E-state index in [1.54, 1.807) is 37.2 Å². The molecule has 0 aliphatic heterocycles. The number of aromatic nitrogens is 1. The standard InChI is InChI=1S/C14H14N2O2S/c1-18-13-8-11(19-2)5-6-12(13)16-14(17)10-4-3-7-15-9-10/h3-9H,1-2H3,(H,16,17). The number of pyridine rings is 1. The monoisotopic (exact) mass is 274 g/mol. The topological polar surface area (TPSA) is 51.2 Å². The van der Waals surface area contributed by atoms with E-state index in [1.807, 2.05) is 24.5 Å². The molecule has 0 bridgehead atoms. The normalized spacial score (nSPS) is 10.0. The fraction of sp³-hybridized carbons (Fsp3) is 0.143. The van der Waals surface area contributed by atoms with E-state index in [9.17, 15) is 4.79 Å². The van der Waals surface area contributed by atoms with E-state index in [4.69, 9.17) is 4.74 Å². The van der Waals surface area contributed by atoms with Crippen LogP contribution in [0.5, 0.6) is 5.75 Å². The number of ether oxygens (including phenoxy) is 1. The number of nitrogens with one attached hydrogen (secondary N) is 1. The highest BCUT2D eigenvalue weighted by Gasteiger charge is 2.10. The fourth-order valence-corrected chi connectivity index (χ4v) is 2.02. The molecule has 0 atom stereocenters. The summed E-state index contributed by atoms with van der Waals surface area (Å²) >= 11 is 1.62. The zero-order valence-electron chi connectivity index (χ0n) is 10.7. The molecule has 1 amide bonds. The minimum absolute atomic E-state index is 0.205. The van der Waals surface area contributed by atoms with Gasteiger partial charge in [-0.1, -0.05) is 0 Å². The maximum absolute atomic E-state index is 12.0. The van der Waals surface area contributed by atoms with Crippen molar-refractivity contribution in [3.05, 3.63) is 48.3 Å². The van der Waals surface area contributed by atoms with Gasteiger partial charge in [-0.25, -0.2) is 0 Å². The molecule has 0 unspecified atom stereocenters. The van der Waals surface area contributed by atoms with Crippen molar-refractivity contribution in [1.29, 1.82) is 0 Å². The lowest BCUT2D eigenvalue weighted by Gasteiger charge is -2.11. The Morgan fingerprint density at radius 3 is 2.84 bits per heavy atom. The summed E-state index contributed by atoms with van der Waals surface area (Å²) in [4.78, 5) is 17.0. The van der Waals surface area contributed by atoms with E-state index in [1.165, 1.54) is 6.20 Å². The average molecular weight is 274 g/mol. The van der Waals surface area contributed by atoms with E-state index in [0.717, 1.165) is 4.90 Å². The maximum atomic E-state index is 12.0. The summed E-state index contributed by atoms with van der Waals surface area (Å²) in [5.74, 6) is 0.437. The van der Waals surface area contributed by atoms with Crippen LogP contribution < -0.4 is 10.1 Å². The van der Waals surface area contributed by atoms with Crippen molar-refractivity contribution in [3.63, 3.8) is 0 Å². The second kappa shape index (κ2) is 6.24. The van der Waals surface area contributed by atoms with Crippen LogP contribution in [-0.2, 0) is 0 Å². The highest BCUT2D eigenvalue weighted by Crippen LogP contribution is 2.29. The summed E-state index contributed by atoms with van der Waals surface area (Å²) in [6.07, 6.45) is 5.14. The Morgan fingerprint density at radius 2 is 2.21 bits per heavy atom. The number of nitrogens with zero attached hydrogens (tertiary/aromatic N) is 1. The van der Waals surface area contributed by atoms with Crippen LogP contribution in [-0.4, -0.2) is 24.3 Å². The van der Waals surface area contributed by atoms with Crippen molar-refractivity contribution < 1.29 is 9.53 Å². The van der Waals surface area contributed by atoms with Crippen LogP contribution in [0.15, 0.2) is 47.6 Å². The summed E-state index contributed by atoms with van der Waals surface area (Å²) in [5, 5.41) is 2.82. The Kier molecular flexibility index (Phi) is 4.41. The minimum atomic E-state index is -0.205. The number of hydrogen-bond donors (Lipinski definition) is 1. The zero-order valence-corrected chi connectivity index (χ0v) is 11.5. The van der Waals surface area contributed by atoms with Crippen LogP contribution in [0.25, 0.3) is 0 Å². The highest BCUT2D eigenvalue weighted by molar-refractivity contribution is 7.98. The summed E-state index contributed by atoms with van der Waals surface area (Å²) in [5.41, 5.74) is 1.16. The molecule has 0 aliphatic rings. The molecule has 2 rings (SSSR count). The van der Waals surface area contributed by atoms with Gasteiger partial charge in [0.15, 0.2) is 0 Å². The van der Waals surface area contributed by atoms with Crippen LogP contribution >= 0.6 is 11.8 Å². The number of hydrogen-bond acceptors (Lipinski definition) is 4.